The predicted molar refractivity (Wildman–Crippen MR) is 217 cm³/mol. The van der Waals surface area contributed by atoms with Crippen molar-refractivity contribution in [1.29, 1.82) is 0 Å². The molecule has 2 heterocycles. The van der Waals surface area contributed by atoms with E-state index in [1.807, 2.05) is 91.0 Å². The monoisotopic (exact) mass is 764 g/mol. The summed E-state index contributed by atoms with van der Waals surface area (Å²) in [5.41, 5.74) is 2.33. The quantitative estimate of drug-likeness (QED) is 0.0804. The highest BCUT2D eigenvalue weighted by Crippen LogP contribution is 2.43. The summed E-state index contributed by atoms with van der Waals surface area (Å²) in [7, 11) is 0. The Morgan fingerprint density at radius 3 is 2.25 bits per heavy atom. The average Bonchev–Trinajstić information content (AvgIpc) is 3.29. The molecule has 6 rings (SSSR count). The number of nitrogens with zero attached hydrogens (tertiary/aromatic N) is 3. The van der Waals surface area contributed by atoms with Crippen molar-refractivity contribution < 1.29 is 33.4 Å². The van der Waals surface area contributed by atoms with Crippen LogP contribution in [0.4, 0.5) is 22.0 Å². The summed E-state index contributed by atoms with van der Waals surface area (Å²) in [5, 5.41) is 2.62. The van der Waals surface area contributed by atoms with Crippen LogP contribution in [0.2, 0.25) is 0 Å². The van der Waals surface area contributed by atoms with Crippen molar-refractivity contribution in [3.05, 3.63) is 150 Å². The lowest BCUT2D eigenvalue weighted by Crippen LogP contribution is -2.43. The SMILES string of the molecule is CCOC(=O)CC(c1ccccc1)N1C(=O)c2cc(C#CCCOc3cccnc3NC(=O)OC(C)(C)C)ccc2N(c2ccccc2)C(=O)C1c1ccccc1. The maximum absolute atomic E-state index is 15.2. The van der Waals surface area contributed by atoms with E-state index in [1.54, 1.807) is 62.9 Å². The van der Waals surface area contributed by atoms with Gasteiger partial charge in [0.1, 0.15) is 11.6 Å². The molecule has 57 heavy (non-hydrogen) atoms. The Kier molecular flexibility index (Phi) is 12.6. The van der Waals surface area contributed by atoms with Gasteiger partial charge < -0.3 is 19.1 Å². The van der Waals surface area contributed by atoms with E-state index in [-0.39, 0.29) is 36.9 Å². The van der Waals surface area contributed by atoms with Gasteiger partial charge in [0.25, 0.3) is 11.8 Å². The molecule has 0 aliphatic carbocycles. The summed E-state index contributed by atoms with van der Waals surface area (Å²) in [5.74, 6) is 5.52. The molecule has 0 fully saturated rings. The summed E-state index contributed by atoms with van der Waals surface area (Å²) >= 11 is 0. The third kappa shape index (κ3) is 9.85. The fraction of sp³-hybridized carbons (Fsp3) is 0.239. The van der Waals surface area contributed by atoms with E-state index in [0.29, 0.717) is 40.2 Å². The molecule has 0 saturated carbocycles. The highest BCUT2D eigenvalue weighted by Gasteiger charge is 2.45. The fourth-order valence-electron chi connectivity index (χ4n) is 6.51. The van der Waals surface area contributed by atoms with E-state index >= 15 is 9.59 Å². The number of amides is 3. The molecule has 0 saturated heterocycles. The maximum atomic E-state index is 15.2. The van der Waals surface area contributed by atoms with E-state index in [4.69, 9.17) is 14.2 Å². The number of esters is 1. The van der Waals surface area contributed by atoms with Gasteiger partial charge in [-0.1, -0.05) is 90.7 Å². The highest BCUT2D eigenvalue weighted by molar-refractivity contribution is 6.14. The predicted octanol–water partition coefficient (Wildman–Crippen LogP) is 8.81. The molecule has 1 aliphatic rings. The molecule has 1 N–H and O–H groups in total. The summed E-state index contributed by atoms with van der Waals surface area (Å²) < 4.78 is 16.7. The van der Waals surface area contributed by atoms with Crippen LogP contribution in [0.25, 0.3) is 0 Å². The smallest absolute Gasteiger partial charge is 0.413 e. The van der Waals surface area contributed by atoms with Crippen molar-refractivity contribution in [1.82, 2.24) is 9.88 Å². The van der Waals surface area contributed by atoms with Gasteiger partial charge in [-0.15, -0.1) is 0 Å². The van der Waals surface area contributed by atoms with Gasteiger partial charge in [-0.25, -0.2) is 9.78 Å². The molecule has 290 valence electrons. The van der Waals surface area contributed by atoms with Crippen molar-refractivity contribution >= 4 is 41.1 Å². The Bertz CT molecular complexity index is 2260. The van der Waals surface area contributed by atoms with Gasteiger partial charge in [-0.3, -0.25) is 24.6 Å². The first kappa shape index (κ1) is 39.8. The first-order chi connectivity index (χ1) is 27.5. The molecule has 11 nitrogen and oxygen atoms in total. The molecular weight excluding hydrogens is 721 g/mol. The molecule has 0 bridgehead atoms. The number of hydrogen-bond donors (Lipinski definition) is 1. The number of nitrogens with one attached hydrogen (secondary N) is 1. The van der Waals surface area contributed by atoms with Crippen molar-refractivity contribution in [3.8, 4) is 17.6 Å². The highest BCUT2D eigenvalue weighted by atomic mass is 16.6. The van der Waals surface area contributed by atoms with Crippen molar-refractivity contribution in [2.24, 2.45) is 0 Å². The molecule has 2 unspecified atom stereocenters. The fourth-order valence-corrected chi connectivity index (χ4v) is 6.51. The van der Waals surface area contributed by atoms with Gasteiger partial charge in [-0.2, -0.15) is 0 Å². The lowest BCUT2D eigenvalue weighted by molar-refractivity contribution is -0.145. The summed E-state index contributed by atoms with van der Waals surface area (Å²) in [6, 6.07) is 34.1. The second kappa shape index (κ2) is 18.1. The van der Waals surface area contributed by atoms with E-state index in [1.165, 1.54) is 11.1 Å². The zero-order chi connectivity index (χ0) is 40.4. The number of ether oxygens (including phenoxy) is 3. The van der Waals surface area contributed by atoms with Crippen LogP contribution < -0.4 is 15.0 Å². The minimum atomic E-state index is -1.11. The molecule has 3 amide bonds. The lowest BCUT2D eigenvalue weighted by Gasteiger charge is -2.37. The Hall–Kier alpha value is -6.93. The number of carbonyl (C=O) groups excluding carboxylic acids is 4. The summed E-state index contributed by atoms with van der Waals surface area (Å²) in [6.45, 7) is 7.38. The normalized spacial score (nSPS) is 14.4. The van der Waals surface area contributed by atoms with Crippen molar-refractivity contribution in [2.45, 2.75) is 58.2 Å². The summed E-state index contributed by atoms with van der Waals surface area (Å²) in [6.07, 6.45) is 1.01. The first-order valence-electron chi connectivity index (χ1n) is 18.7. The molecule has 5 aromatic rings. The maximum Gasteiger partial charge on any atom is 0.413 e. The number of carbonyl (C=O) groups is 4. The third-order valence-corrected chi connectivity index (χ3v) is 8.86. The number of para-hydroxylation sites is 1. The number of aromatic nitrogens is 1. The number of benzene rings is 4. The average molecular weight is 765 g/mol. The topological polar surface area (TPSA) is 127 Å². The van der Waals surface area contributed by atoms with E-state index in [9.17, 15) is 9.59 Å². The molecule has 1 aliphatic heterocycles. The van der Waals surface area contributed by atoms with Gasteiger partial charge in [0.05, 0.1) is 36.9 Å². The van der Waals surface area contributed by atoms with Crippen LogP contribution in [0.5, 0.6) is 5.75 Å². The van der Waals surface area contributed by atoms with Crippen LogP contribution in [0.15, 0.2) is 128 Å². The lowest BCUT2D eigenvalue weighted by atomic mass is 9.95. The van der Waals surface area contributed by atoms with Crippen LogP contribution in [0, 0.1) is 11.8 Å². The molecule has 11 heteroatoms. The Balaban J connectivity index is 1.37. The number of pyridine rings is 1. The zero-order valence-electron chi connectivity index (χ0n) is 32.3. The molecule has 1 aromatic heterocycles. The Morgan fingerprint density at radius 1 is 0.877 bits per heavy atom. The van der Waals surface area contributed by atoms with E-state index < -0.39 is 35.7 Å². The second-order valence-electron chi connectivity index (χ2n) is 14.1. The molecule has 4 aromatic carbocycles. The van der Waals surface area contributed by atoms with Gasteiger partial charge in [0.15, 0.2) is 11.6 Å². The van der Waals surface area contributed by atoms with E-state index in [0.717, 1.165) is 0 Å². The third-order valence-electron chi connectivity index (χ3n) is 8.86. The number of fused-ring (bicyclic) bond motifs is 1. The largest absolute Gasteiger partial charge is 0.489 e. The van der Waals surface area contributed by atoms with E-state index in [2.05, 4.69) is 22.1 Å². The van der Waals surface area contributed by atoms with Gasteiger partial charge >= 0.3 is 12.1 Å². The van der Waals surface area contributed by atoms with Gasteiger partial charge in [-0.05, 0) is 81.3 Å². The Labute approximate surface area is 332 Å². The number of hydrogen-bond acceptors (Lipinski definition) is 8. The van der Waals surface area contributed by atoms with Crippen LogP contribution in [-0.4, -0.2) is 52.6 Å². The molecule has 0 radical (unpaired) electrons. The van der Waals surface area contributed by atoms with Crippen LogP contribution in [-0.2, 0) is 19.1 Å². The van der Waals surface area contributed by atoms with Crippen molar-refractivity contribution in [2.75, 3.05) is 23.4 Å². The number of rotatable bonds is 11. The molecule has 2 atom stereocenters. The van der Waals surface area contributed by atoms with Crippen molar-refractivity contribution in [3.63, 3.8) is 0 Å². The van der Waals surface area contributed by atoms with Crippen LogP contribution in [0.3, 0.4) is 0 Å². The van der Waals surface area contributed by atoms with Gasteiger partial charge in [0.2, 0.25) is 0 Å². The van der Waals surface area contributed by atoms with Crippen LogP contribution >= 0.6 is 0 Å². The number of anilines is 3. The van der Waals surface area contributed by atoms with Gasteiger partial charge in [0, 0.05) is 23.9 Å². The molecular formula is C46H44N4O7. The summed E-state index contributed by atoms with van der Waals surface area (Å²) in [4.78, 5) is 63.3. The standard InChI is InChI=1S/C46H44N4O7/c1-5-55-40(51)31-38(33-19-9-6-10-20-33)50-41(34-21-11-7-12-22-34)44(53)49(35-23-13-8-14-24-35)37-27-26-32(30-36(37)43(50)52)18-15-16-29-56-39-25-17-28-47-42(39)48-45(54)57-46(2,3)4/h6-14,17,19-28,30,38,41H,5,16,29,31H2,1-4H3,(H,47,48,54). The Morgan fingerprint density at radius 2 is 1.56 bits per heavy atom. The minimum Gasteiger partial charge on any atom is -0.489 e. The zero-order valence-corrected chi connectivity index (χ0v) is 32.3. The minimum absolute atomic E-state index is 0.166. The van der Waals surface area contributed by atoms with Crippen LogP contribution in [0.1, 0.15) is 79.7 Å². The molecule has 0 spiro atoms. The second-order valence-corrected chi connectivity index (χ2v) is 14.1. The first-order valence-corrected chi connectivity index (χ1v) is 18.7.